The van der Waals surface area contributed by atoms with E-state index in [2.05, 4.69) is 29.2 Å². The minimum Gasteiger partial charge on any atom is -0.444 e. The number of hydrogen-bond donors (Lipinski definition) is 1. The first kappa shape index (κ1) is 17.7. The number of nitrogens with zero attached hydrogens (tertiary/aromatic N) is 4. The van der Waals surface area contributed by atoms with E-state index in [-0.39, 0.29) is 18.2 Å². The molecule has 3 heterocycles. The molecule has 1 fully saturated rings. The summed E-state index contributed by atoms with van der Waals surface area (Å²) in [5, 5.41) is 8.06. The topological polar surface area (TPSA) is 71.8 Å². The quantitative estimate of drug-likeness (QED) is 0.926. The molecule has 1 N–H and O–H groups in total. The SMILES string of the molecule is Cc1cc2ncc([C@H](C)NC3CN(C(=O)OC(C)(C)C)C3)c(C)n2n1. The van der Waals surface area contributed by atoms with E-state index in [0.29, 0.717) is 13.1 Å². The van der Waals surface area contributed by atoms with Crippen molar-refractivity contribution in [1.29, 1.82) is 0 Å². The first-order valence-electron chi connectivity index (χ1n) is 8.70. The Bertz CT molecular complexity index is 787. The number of likely N-dealkylation sites (tertiary alicyclic amines) is 1. The minimum atomic E-state index is -0.455. The Balaban J connectivity index is 1.60. The van der Waals surface area contributed by atoms with Crippen molar-refractivity contribution in [2.24, 2.45) is 0 Å². The third-order valence-electron chi connectivity index (χ3n) is 4.37. The summed E-state index contributed by atoms with van der Waals surface area (Å²) < 4.78 is 7.27. The number of rotatable bonds is 3. The van der Waals surface area contributed by atoms with E-state index in [1.807, 2.05) is 44.5 Å². The number of nitrogens with one attached hydrogen (secondary N) is 1. The van der Waals surface area contributed by atoms with Crippen molar-refractivity contribution in [2.75, 3.05) is 13.1 Å². The minimum absolute atomic E-state index is 0.132. The van der Waals surface area contributed by atoms with Gasteiger partial charge in [-0.05, 0) is 41.5 Å². The maximum atomic E-state index is 12.0. The van der Waals surface area contributed by atoms with Crippen LogP contribution in [0.15, 0.2) is 12.3 Å². The highest BCUT2D eigenvalue weighted by atomic mass is 16.6. The predicted octanol–water partition coefficient (Wildman–Crippen LogP) is 2.62. The van der Waals surface area contributed by atoms with E-state index in [1.165, 1.54) is 0 Å². The molecule has 0 radical (unpaired) electrons. The molecule has 1 aliphatic rings. The zero-order chi connectivity index (χ0) is 18.4. The van der Waals surface area contributed by atoms with Gasteiger partial charge in [0.25, 0.3) is 0 Å². The van der Waals surface area contributed by atoms with Crippen LogP contribution in [0.25, 0.3) is 5.65 Å². The number of aryl methyl sites for hydroxylation is 2. The molecule has 2 aromatic heterocycles. The molecule has 0 unspecified atom stereocenters. The molecule has 0 spiro atoms. The van der Waals surface area contributed by atoms with Crippen LogP contribution in [-0.4, -0.2) is 50.3 Å². The highest BCUT2D eigenvalue weighted by molar-refractivity contribution is 5.69. The summed E-state index contributed by atoms with van der Waals surface area (Å²) in [6.45, 7) is 13.1. The van der Waals surface area contributed by atoms with Crippen LogP contribution in [0, 0.1) is 13.8 Å². The monoisotopic (exact) mass is 345 g/mol. The molecule has 1 atom stereocenters. The summed E-state index contributed by atoms with van der Waals surface area (Å²) in [6.07, 6.45) is 1.66. The second-order valence-electron chi connectivity index (χ2n) is 7.83. The predicted molar refractivity (Wildman–Crippen MR) is 95.6 cm³/mol. The standard InChI is InChI=1S/C18H27N5O2/c1-11-7-16-19-8-15(13(3)23(16)21-11)12(2)20-14-9-22(10-14)17(24)25-18(4,5)6/h7-8,12,14,20H,9-10H2,1-6H3/t12-/m0/s1. The van der Waals surface area contributed by atoms with Crippen molar-refractivity contribution in [1.82, 2.24) is 24.8 Å². The lowest BCUT2D eigenvalue weighted by Gasteiger charge is -2.41. The first-order valence-corrected chi connectivity index (χ1v) is 8.70. The number of carbonyl (C=O) groups excluding carboxylic acids is 1. The molecule has 2 aromatic rings. The average Bonchev–Trinajstić information content (AvgIpc) is 2.82. The zero-order valence-electron chi connectivity index (χ0n) is 15.8. The Hall–Kier alpha value is -2.15. The van der Waals surface area contributed by atoms with Crippen LogP contribution in [0.4, 0.5) is 4.79 Å². The van der Waals surface area contributed by atoms with Crippen molar-refractivity contribution in [3.8, 4) is 0 Å². The van der Waals surface area contributed by atoms with Gasteiger partial charge in [0.15, 0.2) is 5.65 Å². The van der Waals surface area contributed by atoms with Crippen LogP contribution in [0.1, 0.15) is 50.7 Å². The Labute approximate surface area is 148 Å². The van der Waals surface area contributed by atoms with Gasteiger partial charge in [0.2, 0.25) is 0 Å². The maximum absolute atomic E-state index is 12.0. The molecule has 0 saturated carbocycles. The number of fused-ring (bicyclic) bond motifs is 1. The number of ether oxygens (including phenoxy) is 1. The molecule has 0 aromatic carbocycles. The van der Waals surface area contributed by atoms with Crippen LogP contribution in [-0.2, 0) is 4.74 Å². The Morgan fingerprint density at radius 3 is 2.68 bits per heavy atom. The Kier molecular flexibility index (Phi) is 4.45. The summed E-state index contributed by atoms with van der Waals surface area (Å²) in [4.78, 5) is 18.2. The maximum Gasteiger partial charge on any atom is 0.410 e. The van der Waals surface area contributed by atoms with E-state index in [0.717, 1.165) is 22.6 Å². The molecule has 3 rings (SSSR count). The van der Waals surface area contributed by atoms with Crippen molar-refractivity contribution in [2.45, 2.75) is 59.2 Å². The van der Waals surface area contributed by atoms with Gasteiger partial charge < -0.3 is 15.0 Å². The zero-order valence-corrected chi connectivity index (χ0v) is 15.8. The highest BCUT2D eigenvalue weighted by Crippen LogP contribution is 2.21. The third kappa shape index (κ3) is 3.76. The molecular formula is C18H27N5O2. The molecule has 0 aliphatic carbocycles. The van der Waals surface area contributed by atoms with E-state index in [1.54, 1.807) is 4.90 Å². The Morgan fingerprint density at radius 1 is 1.36 bits per heavy atom. The lowest BCUT2D eigenvalue weighted by Crippen LogP contribution is -2.60. The van der Waals surface area contributed by atoms with Gasteiger partial charge in [0.1, 0.15) is 5.60 Å². The summed E-state index contributed by atoms with van der Waals surface area (Å²) in [5.74, 6) is 0. The molecule has 1 aliphatic heterocycles. The summed E-state index contributed by atoms with van der Waals surface area (Å²) >= 11 is 0. The van der Waals surface area contributed by atoms with Gasteiger partial charge in [0, 0.05) is 48.7 Å². The van der Waals surface area contributed by atoms with Gasteiger partial charge in [-0.3, -0.25) is 0 Å². The van der Waals surface area contributed by atoms with E-state index in [4.69, 9.17) is 4.74 Å². The summed E-state index contributed by atoms with van der Waals surface area (Å²) in [5.41, 5.74) is 3.57. The lowest BCUT2D eigenvalue weighted by atomic mass is 10.0. The third-order valence-corrected chi connectivity index (χ3v) is 4.37. The van der Waals surface area contributed by atoms with E-state index >= 15 is 0 Å². The van der Waals surface area contributed by atoms with Crippen molar-refractivity contribution < 1.29 is 9.53 Å². The number of carbonyl (C=O) groups is 1. The Morgan fingerprint density at radius 2 is 2.04 bits per heavy atom. The van der Waals surface area contributed by atoms with Crippen LogP contribution >= 0.6 is 0 Å². The van der Waals surface area contributed by atoms with Gasteiger partial charge in [-0.15, -0.1) is 0 Å². The van der Waals surface area contributed by atoms with Gasteiger partial charge in [-0.25, -0.2) is 14.3 Å². The summed E-state index contributed by atoms with van der Waals surface area (Å²) in [7, 11) is 0. The molecule has 1 amide bonds. The molecule has 0 bridgehead atoms. The fourth-order valence-electron chi connectivity index (χ4n) is 3.10. The second kappa shape index (κ2) is 6.29. The lowest BCUT2D eigenvalue weighted by molar-refractivity contribution is 0.00432. The number of aromatic nitrogens is 3. The molecule has 7 heteroatoms. The first-order chi connectivity index (χ1) is 11.6. The van der Waals surface area contributed by atoms with Crippen molar-refractivity contribution >= 4 is 11.7 Å². The molecular weight excluding hydrogens is 318 g/mol. The molecule has 25 heavy (non-hydrogen) atoms. The fourth-order valence-corrected chi connectivity index (χ4v) is 3.10. The van der Waals surface area contributed by atoms with E-state index < -0.39 is 5.60 Å². The summed E-state index contributed by atoms with van der Waals surface area (Å²) in [6, 6.07) is 2.36. The van der Waals surface area contributed by atoms with Crippen LogP contribution in [0.3, 0.4) is 0 Å². The number of amides is 1. The van der Waals surface area contributed by atoms with Gasteiger partial charge in [0.05, 0.1) is 5.69 Å². The normalized spacial score (nSPS) is 16.8. The van der Waals surface area contributed by atoms with Crippen LogP contribution in [0.2, 0.25) is 0 Å². The number of hydrogen-bond acceptors (Lipinski definition) is 5. The van der Waals surface area contributed by atoms with Crippen LogP contribution in [0.5, 0.6) is 0 Å². The van der Waals surface area contributed by atoms with E-state index in [9.17, 15) is 4.79 Å². The largest absolute Gasteiger partial charge is 0.444 e. The fraction of sp³-hybridized carbons (Fsp3) is 0.611. The molecule has 1 saturated heterocycles. The highest BCUT2D eigenvalue weighted by Gasteiger charge is 2.34. The second-order valence-corrected chi connectivity index (χ2v) is 7.83. The van der Waals surface area contributed by atoms with Gasteiger partial charge in [-0.2, -0.15) is 5.10 Å². The smallest absolute Gasteiger partial charge is 0.410 e. The average molecular weight is 345 g/mol. The molecule has 7 nitrogen and oxygen atoms in total. The van der Waals surface area contributed by atoms with Gasteiger partial charge >= 0.3 is 6.09 Å². The van der Waals surface area contributed by atoms with Crippen molar-refractivity contribution in [3.63, 3.8) is 0 Å². The van der Waals surface area contributed by atoms with Crippen molar-refractivity contribution in [3.05, 3.63) is 29.2 Å². The molecule has 136 valence electrons. The van der Waals surface area contributed by atoms with Crippen LogP contribution < -0.4 is 5.32 Å². The van der Waals surface area contributed by atoms with Gasteiger partial charge in [-0.1, -0.05) is 0 Å².